The Morgan fingerprint density at radius 1 is 1.14 bits per heavy atom. The molecular weight excluding hydrogens is 334 g/mol. The molecule has 2 aromatic carbocycles. The summed E-state index contributed by atoms with van der Waals surface area (Å²) >= 11 is 3.41. The first-order valence-corrected chi connectivity index (χ1v) is 6.96. The Balaban J connectivity index is 2.08. The lowest BCUT2D eigenvalue weighted by Crippen LogP contribution is -2.00. The number of halogens is 1. The number of rotatable bonds is 3. The van der Waals surface area contributed by atoms with Gasteiger partial charge in [-0.1, -0.05) is 15.9 Å². The summed E-state index contributed by atoms with van der Waals surface area (Å²) in [6.45, 7) is 0. The van der Waals surface area contributed by atoms with Crippen molar-refractivity contribution < 1.29 is 4.74 Å². The van der Waals surface area contributed by atoms with Gasteiger partial charge in [-0.2, -0.15) is 4.68 Å². The maximum Gasteiger partial charge on any atom is 0.187 e. The fraction of sp³-hybridized carbons (Fsp3) is 0.0714. The summed E-state index contributed by atoms with van der Waals surface area (Å²) in [5.74, 6) is 1.22. The number of nitrogen functional groups attached to an aromatic ring is 1. The van der Waals surface area contributed by atoms with Gasteiger partial charge in [-0.3, -0.25) is 0 Å². The van der Waals surface area contributed by atoms with E-state index in [1.807, 2.05) is 36.4 Å². The third kappa shape index (κ3) is 2.59. The Bertz CT molecular complexity index is 769. The molecule has 0 amide bonds. The molecule has 21 heavy (non-hydrogen) atoms. The van der Waals surface area contributed by atoms with Crippen LogP contribution in [0.4, 0.5) is 5.69 Å². The highest BCUT2D eigenvalue weighted by Gasteiger charge is 2.12. The molecule has 0 aliphatic heterocycles. The Kier molecular flexibility index (Phi) is 3.57. The first-order chi connectivity index (χ1) is 10.2. The largest absolute Gasteiger partial charge is 0.495 e. The summed E-state index contributed by atoms with van der Waals surface area (Å²) in [6.07, 6.45) is 0. The Morgan fingerprint density at radius 2 is 1.90 bits per heavy atom. The predicted molar refractivity (Wildman–Crippen MR) is 83.3 cm³/mol. The topological polar surface area (TPSA) is 78.9 Å². The van der Waals surface area contributed by atoms with Crippen LogP contribution in [0.5, 0.6) is 5.75 Å². The van der Waals surface area contributed by atoms with E-state index in [1.54, 1.807) is 17.9 Å². The van der Waals surface area contributed by atoms with Crippen molar-refractivity contribution in [3.8, 4) is 22.8 Å². The van der Waals surface area contributed by atoms with Crippen LogP contribution < -0.4 is 10.5 Å². The molecule has 3 rings (SSSR count). The second-order valence-corrected chi connectivity index (χ2v) is 5.26. The van der Waals surface area contributed by atoms with Crippen molar-refractivity contribution in [1.29, 1.82) is 0 Å². The van der Waals surface area contributed by atoms with E-state index in [9.17, 15) is 0 Å². The van der Waals surface area contributed by atoms with Crippen LogP contribution in [0.15, 0.2) is 46.9 Å². The maximum absolute atomic E-state index is 5.83. The average molecular weight is 346 g/mol. The minimum Gasteiger partial charge on any atom is -0.495 e. The Labute approximate surface area is 129 Å². The highest BCUT2D eigenvalue weighted by molar-refractivity contribution is 9.10. The molecule has 0 bridgehead atoms. The first-order valence-electron chi connectivity index (χ1n) is 6.17. The van der Waals surface area contributed by atoms with E-state index in [2.05, 4.69) is 31.5 Å². The van der Waals surface area contributed by atoms with Crippen molar-refractivity contribution in [2.75, 3.05) is 12.8 Å². The van der Waals surface area contributed by atoms with Crippen LogP contribution in [0, 0.1) is 0 Å². The number of nitrogens with two attached hydrogens (primary N) is 1. The summed E-state index contributed by atoms with van der Waals surface area (Å²) in [5, 5.41) is 11.9. The number of aromatic nitrogens is 4. The van der Waals surface area contributed by atoms with Crippen molar-refractivity contribution in [3.05, 3.63) is 46.9 Å². The third-order valence-corrected chi connectivity index (χ3v) is 3.56. The molecule has 1 aromatic heterocycles. The minimum atomic E-state index is 0.573. The number of benzene rings is 2. The standard InChI is InChI=1S/C14H12BrN5O/c1-21-13-8-9(2-7-12(13)16)14-17-18-19-20(14)11-5-3-10(15)4-6-11/h2-8H,16H2,1H3. The lowest BCUT2D eigenvalue weighted by Gasteiger charge is -2.08. The van der Waals surface area contributed by atoms with Gasteiger partial charge >= 0.3 is 0 Å². The summed E-state index contributed by atoms with van der Waals surface area (Å²) in [5.41, 5.74) is 8.10. The van der Waals surface area contributed by atoms with Crippen molar-refractivity contribution in [3.63, 3.8) is 0 Å². The number of nitrogens with zero attached hydrogens (tertiary/aromatic N) is 4. The van der Waals surface area contributed by atoms with Gasteiger partial charge in [0.05, 0.1) is 18.5 Å². The molecule has 0 saturated heterocycles. The molecule has 2 N–H and O–H groups in total. The van der Waals surface area contributed by atoms with Gasteiger partial charge in [0, 0.05) is 10.0 Å². The molecule has 0 unspecified atom stereocenters. The van der Waals surface area contributed by atoms with Crippen LogP contribution in [-0.4, -0.2) is 27.3 Å². The molecule has 3 aromatic rings. The lowest BCUT2D eigenvalue weighted by atomic mass is 10.1. The fourth-order valence-electron chi connectivity index (χ4n) is 1.97. The van der Waals surface area contributed by atoms with Crippen LogP contribution in [0.25, 0.3) is 17.1 Å². The molecule has 6 nitrogen and oxygen atoms in total. The van der Waals surface area contributed by atoms with Crippen molar-refractivity contribution >= 4 is 21.6 Å². The van der Waals surface area contributed by atoms with Gasteiger partial charge in [-0.15, -0.1) is 5.10 Å². The van der Waals surface area contributed by atoms with Crippen LogP contribution in [0.3, 0.4) is 0 Å². The van der Waals surface area contributed by atoms with Gasteiger partial charge in [-0.05, 0) is 52.9 Å². The zero-order chi connectivity index (χ0) is 14.8. The zero-order valence-corrected chi connectivity index (χ0v) is 12.8. The van der Waals surface area contributed by atoms with Crippen LogP contribution in [0.2, 0.25) is 0 Å². The van der Waals surface area contributed by atoms with Gasteiger partial charge in [0.2, 0.25) is 0 Å². The molecule has 7 heteroatoms. The molecule has 106 valence electrons. The second kappa shape index (κ2) is 5.53. The molecule has 0 radical (unpaired) electrons. The quantitative estimate of drug-likeness (QED) is 0.738. The van der Waals surface area contributed by atoms with Gasteiger partial charge in [0.15, 0.2) is 5.82 Å². The molecule has 0 spiro atoms. The lowest BCUT2D eigenvalue weighted by molar-refractivity contribution is 0.417. The van der Waals surface area contributed by atoms with E-state index in [0.717, 1.165) is 15.7 Å². The van der Waals surface area contributed by atoms with E-state index >= 15 is 0 Å². The summed E-state index contributed by atoms with van der Waals surface area (Å²) in [7, 11) is 1.58. The van der Waals surface area contributed by atoms with E-state index in [0.29, 0.717) is 17.3 Å². The minimum absolute atomic E-state index is 0.573. The molecule has 0 saturated carbocycles. The monoisotopic (exact) mass is 345 g/mol. The Morgan fingerprint density at radius 3 is 2.62 bits per heavy atom. The SMILES string of the molecule is COc1cc(-c2nnnn2-c2ccc(Br)cc2)ccc1N. The molecule has 1 heterocycles. The average Bonchev–Trinajstić information content (AvgIpc) is 2.98. The smallest absolute Gasteiger partial charge is 0.187 e. The second-order valence-electron chi connectivity index (χ2n) is 4.35. The Hall–Kier alpha value is -2.41. The highest BCUT2D eigenvalue weighted by atomic mass is 79.9. The van der Waals surface area contributed by atoms with Crippen molar-refractivity contribution in [2.24, 2.45) is 0 Å². The molecule has 0 fully saturated rings. The van der Waals surface area contributed by atoms with Crippen molar-refractivity contribution in [2.45, 2.75) is 0 Å². The molecular formula is C14H12BrN5O. The normalized spacial score (nSPS) is 10.6. The third-order valence-electron chi connectivity index (χ3n) is 3.03. The number of methoxy groups -OCH3 is 1. The summed E-state index contributed by atoms with van der Waals surface area (Å²) < 4.78 is 7.90. The van der Waals surface area contributed by atoms with E-state index in [4.69, 9.17) is 10.5 Å². The van der Waals surface area contributed by atoms with Crippen molar-refractivity contribution in [1.82, 2.24) is 20.2 Å². The number of ether oxygens (including phenoxy) is 1. The van der Waals surface area contributed by atoms with Gasteiger partial charge < -0.3 is 10.5 Å². The number of hydrogen-bond donors (Lipinski definition) is 1. The van der Waals surface area contributed by atoms with Crippen LogP contribution >= 0.6 is 15.9 Å². The van der Waals surface area contributed by atoms with Crippen LogP contribution in [0.1, 0.15) is 0 Å². The van der Waals surface area contributed by atoms with Gasteiger partial charge in [0.1, 0.15) is 5.75 Å². The number of hydrogen-bond acceptors (Lipinski definition) is 5. The van der Waals surface area contributed by atoms with E-state index in [-0.39, 0.29) is 0 Å². The number of anilines is 1. The summed E-state index contributed by atoms with van der Waals surface area (Å²) in [4.78, 5) is 0. The highest BCUT2D eigenvalue weighted by Crippen LogP contribution is 2.28. The molecule has 0 atom stereocenters. The molecule has 0 aliphatic rings. The fourth-order valence-corrected chi connectivity index (χ4v) is 2.24. The van der Waals surface area contributed by atoms with E-state index in [1.165, 1.54) is 0 Å². The zero-order valence-electron chi connectivity index (χ0n) is 11.2. The van der Waals surface area contributed by atoms with Gasteiger partial charge in [0.25, 0.3) is 0 Å². The van der Waals surface area contributed by atoms with Crippen LogP contribution in [-0.2, 0) is 0 Å². The predicted octanol–water partition coefficient (Wildman–Crippen LogP) is 2.68. The van der Waals surface area contributed by atoms with Gasteiger partial charge in [-0.25, -0.2) is 0 Å². The van der Waals surface area contributed by atoms with E-state index < -0.39 is 0 Å². The summed E-state index contributed by atoms with van der Waals surface area (Å²) in [6, 6.07) is 13.2. The number of tetrazole rings is 1. The first kappa shape index (κ1) is 13.6. The maximum atomic E-state index is 5.83. The molecule has 0 aliphatic carbocycles.